The second-order valence-electron chi connectivity index (χ2n) is 6.42. The highest BCUT2D eigenvalue weighted by atomic mass is 19.3. The fraction of sp³-hybridized carbons (Fsp3) is 0.444. The highest BCUT2D eigenvalue weighted by molar-refractivity contribution is 5.83. The van der Waals surface area contributed by atoms with E-state index in [1.807, 2.05) is 6.92 Å². The number of halogens is 2. The quantitative estimate of drug-likeness (QED) is 0.798. The van der Waals surface area contributed by atoms with Crippen molar-refractivity contribution < 1.29 is 22.7 Å². The first-order valence-electron chi connectivity index (χ1n) is 8.05. The van der Waals surface area contributed by atoms with Crippen molar-refractivity contribution in [3.8, 4) is 5.75 Å². The molecule has 1 fully saturated rings. The van der Waals surface area contributed by atoms with Gasteiger partial charge in [-0.3, -0.25) is 4.79 Å². The van der Waals surface area contributed by atoms with E-state index in [1.165, 1.54) is 13.0 Å². The average Bonchev–Trinajstić information content (AvgIpc) is 2.91. The van der Waals surface area contributed by atoms with E-state index < -0.39 is 30.1 Å². The summed E-state index contributed by atoms with van der Waals surface area (Å²) in [4.78, 5) is 25.1. The molecular formula is C18H19F2NO4. The van der Waals surface area contributed by atoms with Gasteiger partial charge in [-0.1, -0.05) is 0 Å². The van der Waals surface area contributed by atoms with Crippen molar-refractivity contribution in [2.45, 2.75) is 39.2 Å². The van der Waals surface area contributed by atoms with Gasteiger partial charge in [0.2, 0.25) is 0 Å². The summed E-state index contributed by atoms with van der Waals surface area (Å²) >= 11 is 0. The number of hydrogen-bond acceptors (Lipinski definition) is 4. The smallest absolute Gasteiger partial charge is 0.339 e. The van der Waals surface area contributed by atoms with Crippen molar-refractivity contribution in [3.05, 3.63) is 39.7 Å². The molecule has 1 saturated heterocycles. The highest BCUT2D eigenvalue weighted by Crippen LogP contribution is 2.28. The number of aryl methyl sites for hydroxylation is 1. The minimum atomic E-state index is -2.84. The summed E-state index contributed by atoms with van der Waals surface area (Å²) in [5.41, 5.74) is 1.30. The van der Waals surface area contributed by atoms with E-state index in [-0.39, 0.29) is 13.0 Å². The largest absolute Gasteiger partial charge is 0.481 e. The number of amides is 1. The van der Waals surface area contributed by atoms with Gasteiger partial charge < -0.3 is 14.1 Å². The van der Waals surface area contributed by atoms with Gasteiger partial charge >= 0.3 is 5.63 Å². The van der Waals surface area contributed by atoms with E-state index >= 15 is 0 Å². The molecule has 25 heavy (non-hydrogen) atoms. The Bertz CT molecular complexity index is 891. The van der Waals surface area contributed by atoms with Crippen LogP contribution < -0.4 is 10.4 Å². The maximum Gasteiger partial charge on any atom is 0.339 e. The Morgan fingerprint density at radius 2 is 2.04 bits per heavy atom. The topological polar surface area (TPSA) is 59.8 Å². The number of nitrogens with zero attached hydrogens (tertiary/aromatic N) is 1. The SMILES string of the molecule is Cc1c(C)c2ccc(OC(C)C(=O)N3CCC(F)(F)C3)cc2oc1=O. The fourth-order valence-electron chi connectivity index (χ4n) is 2.94. The van der Waals surface area contributed by atoms with Crippen molar-refractivity contribution in [2.24, 2.45) is 0 Å². The Morgan fingerprint density at radius 1 is 1.32 bits per heavy atom. The first-order valence-corrected chi connectivity index (χ1v) is 8.05. The molecule has 134 valence electrons. The molecule has 7 heteroatoms. The molecule has 1 unspecified atom stereocenters. The lowest BCUT2D eigenvalue weighted by atomic mass is 10.1. The van der Waals surface area contributed by atoms with Crippen LogP contribution in [0, 0.1) is 13.8 Å². The van der Waals surface area contributed by atoms with E-state index in [4.69, 9.17) is 9.15 Å². The van der Waals surface area contributed by atoms with E-state index in [9.17, 15) is 18.4 Å². The third-order valence-corrected chi connectivity index (χ3v) is 4.57. The third-order valence-electron chi connectivity index (χ3n) is 4.57. The van der Waals surface area contributed by atoms with Gasteiger partial charge in [-0.15, -0.1) is 0 Å². The standard InChI is InChI=1S/C18H19F2NO4/c1-10-11(2)17(23)25-15-8-13(4-5-14(10)15)24-12(3)16(22)21-7-6-18(19,20)9-21/h4-5,8,12H,6-7,9H2,1-3H3. The summed E-state index contributed by atoms with van der Waals surface area (Å²) in [7, 11) is 0. The molecule has 2 aromatic rings. The summed E-state index contributed by atoms with van der Waals surface area (Å²) in [5, 5.41) is 0.780. The number of carbonyl (C=O) groups is 1. The lowest BCUT2D eigenvalue weighted by Crippen LogP contribution is -2.40. The number of benzene rings is 1. The molecule has 1 aromatic carbocycles. The second-order valence-corrected chi connectivity index (χ2v) is 6.42. The number of fused-ring (bicyclic) bond motifs is 1. The normalized spacial score (nSPS) is 17.7. The maximum absolute atomic E-state index is 13.3. The Labute approximate surface area is 143 Å². The van der Waals surface area contributed by atoms with Gasteiger partial charge in [-0.05, 0) is 38.5 Å². The van der Waals surface area contributed by atoms with Crippen molar-refractivity contribution >= 4 is 16.9 Å². The molecule has 0 aliphatic carbocycles. The Hall–Kier alpha value is -2.44. The van der Waals surface area contributed by atoms with Crippen LogP contribution in [-0.4, -0.2) is 35.9 Å². The van der Waals surface area contributed by atoms with Crippen LogP contribution in [0.1, 0.15) is 24.5 Å². The van der Waals surface area contributed by atoms with E-state index in [0.29, 0.717) is 16.9 Å². The summed E-state index contributed by atoms with van der Waals surface area (Å²) in [6.07, 6.45) is -1.24. The molecule has 3 rings (SSSR count). The molecular weight excluding hydrogens is 332 g/mol. The van der Waals surface area contributed by atoms with Crippen molar-refractivity contribution in [2.75, 3.05) is 13.1 Å². The molecule has 0 radical (unpaired) electrons. The van der Waals surface area contributed by atoms with Crippen molar-refractivity contribution in [1.82, 2.24) is 4.90 Å². The van der Waals surface area contributed by atoms with Gasteiger partial charge in [-0.2, -0.15) is 0 Å². The van der Waals surface area contributed by atoms with Crippen molar-refractivity contribution in [1.29, 1.82) is 0 Å². The van der Waals surface area contributed by atoms with Crippen LogP contribution in [0.3, 0.4) is 0 Å². The number of ether oxygens (including phenoxy) is 1. The predicted octanol–water partition coefficient (Wildman–Crippen LogP) is 3.04. The average molecular weight is 351 g/mol. The number of rotatable bonds is 3. The first kappa shape index (κ1) is 17.4. The van der Waals surface area contributed by atoms with Crippen LogP contribution in [0.15, 0.2) is 27.4 Å². The van der Waals surface area contributed by atoms with E-state index in [1.54, 1.807) is 19.1 Å². The Balaban J connectivity index is 1.80. The summed E-state index contributed by atoms with van der Waals surface area (Å²) in [6.45, 7) is 4.47. The second kappa shape index (κ2) is 6.13. The van der Waals surface area contributed by atoms with Gasteiger partial charge in [0.1, 0.15) is 11.3 Å². The van der Waals surface area contributed by atoms with Crippen LogP contribution in [0.2, 0.25) is 0 Å². The lowest BCUT2D eigenvalue weighted by Gasteiger charge is -2.21. The maximum atomic E-state index is 13.3. The van der Waals surface area contributed by atoms with E-state index in [2.05, 4.69) is 0 Å². The predicted molar refractivity (Wildman–Crippen MR) is 88.2 cm³/mol. The highest BCUT2D eigenvalue weighted by Gasteiger charge is 2.41. The number of hydrogen-bond donors (Lipinski definition) is 0. The third kappa shape index (κ3) is 3.36. The van der Waals surface area contributed by atoms with Gasteiger partial charge in [-0.25, -0.2) is 13.6 Å². The van der Waals surface area contributed by atoms with Crippen LogP contribution in [0.5, 0.6) is 5.75 Å². The van der Waals surface area contributed by atoms with Crippen molar-refractivity contribution in [3.63, 3.8) is 0 Å². The summed E-state index contributed by atoms with van der Waals surface area (Å²) in [6, 6.07) is 4.94. The molecule has 1 atom stereocenters. The molecule has 1 aromatic heterocycles. The Morgan fingerprint density at radius 3 is 2.68 bits per heavy atom. The fourth-order valence-corrected chi connectivity index (χ4v) is 2.94. The molecule has 0 spiro atoms. The van der Waals surface area contributed by atoms with E-state index in [0.717, 1.165) is 15.8 Å². The van der Waals surface area contributed by atoms with Gasteiger partial charge in [0.05, 0.1) is 6.54 Å². The zero-order valence-electron chi connectivity index (χ0n) is 14.3. The molecule has 2 heterocycles. The molecule has 1 amide bonds. The summed E-state index contributed by atoms with van der Waals surface area (Å²) in [5.74, 6) is -2.98. The number of carbonyl (C=O) groups excluding carboxylic acids is 1. The molecule has 0 saturated carbocycles. The lowest BCUT2D eigenvalue weighted by molar-refractivity contribution is -0.138. The van der Waals surface area contributed by atoms with Crippen LogP contribution in [0.4, 0.5) is 8.78 Å². The molecule has 5 nitrogen and oxygen atoms in total. The van der Waals surface area contributed by atoms with Crippen LogP contribution in [-0.2, 0) is 4.79 Å². The van der Waals surface area contributed by atoms with Gasteiger partial charge in [0.25, 0.3) is 11.8 Å². The molecule has 0 bridgehead atoms. The number of likely N-dealkylation sites (tertiary alicyclic amines) is 1. The van der Waals surface area contributed by atoms with Crippen LogP contribution >= 0.6 is 0 Å². The minimum Gasteiger partial charge on any atom is -0.481 e. The first-order chi connectivity index (χ1) is 11.7. The van der Waals surface area contributed by atoms with Gasteiger partial charge in [0, 0.05) is 30.0 Å². The van der Waals surface area contributed by atoms with Crippen LogP contribution in [0.25, 0.3) is 11.0 Å². The molecule has 0 N–H and O–H groups in total. The number of alkyl halides is 2. The Kier molecular flexibility index (Phi) is 4.26. The zero-order valence-corrected chi connectivity index (χ0v) is 14.3. The summed E-state index contributed by atoms with van der Waals surface area (Å²) < 4.78 is 37.3. The monoisotopic (exact) mass is 351 g/mol. The molecule has 1 aliphatic heterocycles. The minimum absolute atomic E-state index is 0.0185. The zero-order chi connectivity index (χ0) is 18.4. The molecule has 1 aliphatic rings. The van der Waals surface area contributed by atoms with Gasteiger partial charge in [0.15, 0.2) is 6.10 Å².